The molecule has 0 saturated heterocycles. The SMILES string of the molecule is Nc1c(-c2ccccc2)ccc(Cc2ccccc2)c1Cc1ccccc1. The molecule has 0 amide bonds. The molecule has 4 rings (SSSR count). The summed E-state index contributed by atoms with van der Waals surface area (Å²) in [6, 6.07) is 35.9. The Balaban J connectivity index is 1.79. The molecule has 1 heteroatoms. The molecule has 0 saturated carbocycles. The fraction of sp³-hybridized carbons (Fsp3) is 0.0769. The monoisotopic (exact) mass is 349 g/mol. The van der Waals surface area contributed by atoms with Crippen molar-refractivity contribution in [3.8, 4) is 11.1 Å². The number of nitrogens with two attached hydrogens (primary N) is 1. The minimum Gasteiger partial charge on any atom is -0.398 e. The van der Waals surface area contributed by atoms with Crippen molar-refractivity contribution in [1.29, 1.82) is 0 Å². The van der Waals surface area contributed by atoms with Gasteiger partial charge in [0.05, 0.1) is 0 Å². The molecule has 0 radical (unpaired) electrons. The van der Waals surface area contributed by atoms with Crippen LogP contribution in [0.5, 0.6) is 0 Å². The van der Waals surface area contributed by atoms with Gasteiger partial charge in [-0.1, -0.05) is 103 Å². The molecule has 4 aromatic rings. The minimum atomic E-state index is 0.843. The van der Waals surface area contributed by atoms with Crippen molar-refractivity contribution in [3.63, 3.8) is 0 Å². The van der Waals surface area contributed by atoms with Crippen LogP contribution in [0.3, 0.4) is 0 Å². The zero-order valence-corrected chi connectivity index (χ0v) is 15.3. The third-order valence-electron chi connectivity index (χ3n) is 5.00. The quantitative estimate of drug-likeness (QED) is 0.432. The van der Waals surface area contributed by atoms with Crippen LogP contribution in [-0.4, -0.2) is 0 Å². The molecule has 0 aliphatic carbocycles. The van der Waals surface area contributed by atoms with Crippen LogP contribution in [0.4, 0.5) is 5.69 Å². The van der Waals surface area contributed by atoms with Crippen LogP contribution in [0, 0.1) is 0 Å². The van der Waals surface area contributed by atoms with E-state index in [4.69, 9.17) is 5.73 Å². The van der Waals surface area contributed by atoms with Crippen molar-refractivity contribution in [2.24, 2.45) is 0 Å². The zero-order chi connectivity index (χ0) is 18.5. The third kappa shape index (κ3) is 3.93. The highest BCUT2D eigenvalue weighted by Gasteiger charge is 2.13. The molecule has 4 aromatic carbocycles. The molecule has 0 bridgehead atoms. The summed E-state index contributed by atoms with van der Waals surface area (Å²) in [5.74, 6) is 0. The summed E-state index contributed by atoms with van der Waals surface area (Å²) >= 11 is 0. The van der Waals surface area contributed by atoms with Gasteiger partial charge in [-0.15, -0.1) is 0 Å². The van der Waals surface area contributed by atoms with Gasteiger partial charge in [0.2, 0.25) is 0 Å². The Kier molecular flexibility index (Phi) is 5.02. The predicted octanol–water partition coefficient (Wildman–Crippen LogP) is 6.12. The second-order valence-corrected chi connectivity index (χ2v) is 6.86. The van der Waals surface area contributed by atoms with E-state index in [9.17, 15) is 0 Å². The minimum absolute atomic E-state index is 0.843. The van der Waals surface area contributed by atoms with E-state index in [1.165, 1.54) is 22.3 Å². The first-order valence-corrected chi connectivity index (χ1v) is 9.35. The van der Waals surface area contributed by atoms with Gasteiger partial charge in [0.25, 0.3) is 0 Å². The van der Waals surface area contributed by atoms with Crippen LogP contribution in [0.25, 0.3) is 11.1 Å². The van der Waals surface area contributed by atoms with Crippen LogP contribution in [0.1, 0.15) is 22.3 Å². The smallest absolute Gasteiger partial charge is 0.0432 e. The maximum atomic E-state index is 6.72. The van der Waals surface area contributed by atoms with E-state index in [-0.39, 0.29) is 0 Å². The number of hydrogen-bond donors (Lipinski definition) is 1. The van der Waals surface area contributed by atoms with E-state index < -0.39 is 0 Å². The fourth-order valence-corrected chi connectivity index (χ4v) is 3.57. The molecule has 0 aromatic heterocycles. The van der Waals surface area contributed by atoms with E-state index >= 15 is 0 Å². The van der Waals surface area contributed by atoms with Gasteiger partial charge in [-0.3, -0.25) is 0 Å². The first-order chi connectivity index (χ1) is 13.3. The van der Waals surface area contributed by atoms with E-state index in [1.54, 1.807) is 0 Å². The van der Waals surface area contributed by atoms with Gasteiger partial charge in [0, 0.05) is 11.3 Å². The normalized spacial score (nSPS) is 10.7. The van der Waals surface area contributed by atoms with Crippen LogP contribution < -0.4 is 5.73 Å². The second kappa shape index (κ2) is 7.92. The Morgan fingerprint density at radius 1 is 0.519 bits per heavy atom. The summed E-state index contributed by atoms with van der Waals surface area (Å²) < 4.78 is 0. The van der Waals surface area contributed by atoms with Crippen LogP contribution in [0.2, 0.25) is 0 Å². The highest BCUT2D eigenvalue weighted by Crippen LogP contribution is 2.33. The molecular formula is C26H23N. The largest absolute Gasteiger partial charge is 0.398 e. The van der Waals surface area contributed by atoms with Crippen molar-refractivity contribution in [2.75, 3.05) is 5.73 Å². The van der Waals surface area contributed by atoms with E-state index in [1.807, 2.05) is 6.07 Å². The lowest BCUT2D eigenvalue weighted by Crippen LogP contribution is -2.04. The Bertz CT molecular complexity index is 1010. The standard InChI is InChI=1S/C26H23N/c27-26-24(22-14-8-3-9-15-22)17-16-23(18-20-10-4-1-5-11-20)25(26)19-21-12-6-2-7-13-21/h1-17H,18-19,27H2. The van der Waals surface area contributed by atoms with Gasteiger partial charge in [-0.2, -0.15) is 0 Å². The van der Waals surface area contributed by atoms with Crippen molar-refractivity contribution in [3.05, 3.63) is 125 Å². The summed E-state index contributed by atoms with van der Waals surface area (Å²) in [6.45, 7) is 0. The number of hydrogen-bond acceptors (Lipinski definition) is 1. The maximum Gasteiger partial charge on any atom is 0.0432 e. The molecule has 0 unspecified atom stereocenters. The van der Waals surface area contributed by atoms with Gasteiger partial charge in [0.15, 0.2) is 0 Å². The molecule has 2 N–H and O–H groups in total. The van der Waals surface area contributed by atoms with E-state index in [0.29, 0.717) is 0 Å². The highest BCUT2D eigenvalue weighted by atomic mass is 14.6. The van der Waals surface area contributed by atoms with E-state index in [2.05, 4.69) is 97.1 Å². The van der Waals surface area contributed by atoms with Crippen LogP contribution in [0.15, 0.2) is 103 Å². The summed E-state index contributed by atoms with van der Waals surface area (Å²) in [5, 5.41) is 0. The average Bonchev–Trinajstić information content (AvgIpc) is 2.73. The molecule has 0 atom stereocenters. The summed E-state index contributed by atoms with van der Waals surface area (Å²) in [6.07, 6.45) is 1.73. The lowest BCUT2D eigenvalue weighted by Gasteiger charge is -2.17. The molecular weight excluding hydrogens is 326 g/mol. The number of anilines is 1. The summed E-state index contributed by atoms with van der Waals surface area (Å²) in [7, 11) is 0. The van der Waals surface area contributed by atoms with Crippen molar-refractivity contribution in [1.82, 2.24) is 0 Å². The second-order valence-electron chi connectivity index (χ2n) is 6.86. The molecule has 1 nitrogen and oxygen atoms in total. The summed E-state index contributed by atoms with van der Waals surface area (Å²) in [4.78, 5) is 0. The number of benzene rings is 4. The maximum absolute atomic E-state index is 6.72. The fourth-order valence-electron chi connectivity index (χ4n) is 3.57. The topological polar surface area (TPSA) is 26.0 Å². The highest BCUT2D eigenvalue weighted by molar-refractivity contribution is 5.80. The van der Waals surface area contributed by atoms with Crippen molar-refractivity contribution in [2.45, 2.75) is 12.8 Å². The molecule has 0 aliphatic heterocycles. The lowest BCUT2D eigenvalue weighted by molar-refractivity contribution is 1.09. The third-order valence-corrected chi connectivity index (χ3v) is 5.00. The molecule has 0 aliphatic rings. The van der Waals surface area contributed by atoms with E-state index in [0.717, 1.165) is 29.7 Å². The van der Waals surface area contributed by atoms with Crippen molar-refractivity contribution >= 4 is 5.69 Å². The predicted molar refractivity (Wildman–Crippen MR) is 115 cm³/mol. The Morgan fingerprint density at radius 2 is 1.04 bits per heavy atom. The van der Waals surface area contributed by atoms with Gasteiger partial charge < -0.3 is 5.73 Å². The molecule has 132 valence electrons. The van der Waals surface area contributed by atoms with Crippen LogP contribution in [-0.2, 0) is 12.8 Å². The number of rotatable bonds is 5. The van der Waals surface area contributed by atoms with Gasteiger partial charge >= 0.3 is 0 Å². The Morgan fingerprint density at radius 3 is 1.63 bits per heavy atom. The number of nitrogen functional groups attached to an aromatic ring is 1. The first kappa shape index (κ1) is 17.1. The molecule has 0 heterocycles. The lowest BCUT2D eigenvalue weighted by atomic mass is 9.90. The van der Waals surface area contributed by atoms with Gasteiger partial charge in [-0.25, -0.2) is 0 Å². The molecule has 0 spiro atoms. The van der Waals surface area contributed by atoms with Gasteiger partial charge in [-0.05, 0) is 40.7 Å². The molecule has 27 heavy (non-hydrogen) atoms. The van der Waals surface area contributed by atoms with Gasteiger partial charge in [0.1, 0.15) is 0 Å². The Labute approximate surface area is 161 Å². The summed E-state index contributed by atoms with van der Waals surface area (Å²) in [5.41, 5.74) is 15.0. The Hall–Kier alpha value is -3.32. The average molecular weight is 349 g/mol. The van der Waals surface area contributed by atoms with Crippen molar-refractivity contribution < 1.29 is 0 Å². The van der Waals surface area contributed by atoms with Crippen LogP contribution >= 0.6 is 0 Å². The first-order valence-electron chi connectivity index (χ1n) is 9.35. The molecule has 0 fully saturated rings. The zero-order valence-electron chi connectivity index (χ0n) is 15.3.